The number of Topliss-reactive ketones (excluding diaryl/α,β-unsaturated/α-hetero) is 1. The normalized spacial score (nSPS) is 13.4. The lowest BCUT2D eigenvalue weighted by Gasteiger charge is -2.19. The Hall–Kier alpha value is -1.15. The van der Waals surface area contributed by atoms with Gasteiger partial charge in [0.2, 0.25) is 0 Å². The van der Waals surface area contributed by atoms with Crippen LogP contribution in [0.25, 0.3) is 0 Å². The monoisotopic (exact) mass is 247 g/mol. The second kappa shape index (κ2) is 6.14. The maximum absolute atomic E-state index is 11.7. The molecule has 0 radical (unpaired) electrons. The zero-order chi connectivity index (χ0) is 13.8. The van der Waals surface area contributed by atoms with Gasteiger partial charge in [-0.25, -0.2) is 0 Å². The van der Waals surface area contributed by atoms with Crippen molar-refractivity contribution in [1.29, 1.82) is 0 Å². The lowest BCUT2D eigenvalue weighted by molar-refractivity contribution is -0.118. The maximum atomic E-state index is 11.7. The fraction of sp³-hybridized carbons (Fsp3) is 0.562. The predicted molar refractivity (Wildman–Crippen MR) is 76.7 cm³/mol. The number of benzene rings is 1. The number of carbonyl (C=O) groups is 1. The molecular formula is C16H25NO. The van der Waals surface area contributed by atoms with Crippen LogP contribution in [-0.4, -0.2) is 11.8 Å². The van der Waals surface area contributed by atoms with E-state index in [1.807, 2.05) is 6.92 Å². The lowest BCUT2D eigenvalue weighted by Crippen LogP contribution is -2.17. The minimum absolute atomic E-state index is 0.109. The third kappa shape index (κ3) is 5.01. The molecule has 0 aliphatic rings. The standard InChI is InChI=1S/C16H25NO/c1-12(17)5-10-15(18)11-13-6-8-14(9-7-13)16(2,3)4/h6-9,12H,5,10-11,17H2,1-4H3. The SMILES string of the molecule is CC(N)CCC(=O)Cc1ccc(C(C)(C)C)cc1. The number of rotatable bonds is 5. The largest absolute Gasteiger partial charge is 0.328 e. The molecule has 2 heteroatoms. The van der Waals surface area contributed by atoms with Crippen molar-refractivity contribution in [2.24, 2.45) is 5.73 Å². The van der Waals surface area contributed by atoms with Gasteiger partial charge in [0.25, 0.3) is 0 Å². The van der Waals surface area contributed by atoms with Crippen molar-refractivity contribution >= 4 is 5.78 Å². The average molecular weight is 247 g/mol. The van der Waals surface area contributed by atoms with E-state index in [4.69, 9.17) is 5.73 Å². The van der Waals surface area contributed by atoms with Gasteiger partial charge >= 0.3 is 0 Å². The Kier molecular flexibility index (Phi) is 5.09. The second-order valence-electron chi connectivity index (χ2n) is 6.18. The van der Waals surface area contributed by atoms with E-state index < -0.39 is 0 Å². The van der Waals surface area contributed by atoms with Gasteiger partial charge in [-0.15, -0.1) is 0 Å². The van der Waals surface area contributed by atoms with E-state index in [0.717, 1.165) is 12.0 Å². The van der Waals surface area contributed by atoms with Gasteiger partial charge in [-0.1, -0.05) is 45.0 Å². The quantitative estimate of drug-likeness (QED) is 0.868. The van der Waals surface area contributed by atoms with Gasteiger partial charge in [0.1, 0.15) is 5.78 Å². The lowest BCUT2D eigenvalue weighted by atomic mass is 9.86. The number of hydrogen-bond acceptors (Lipinski definition) is 2. The molecule has 0 fully saturated rings. The Morgan fingerprint density at radius 1 is 1.22 bits per heavy atom. The summed E-state index contributed by atoms with van der Waals surface area (Å²) in [5.41, 5.74) is 8.21. The summed E-state index contributed by atoms with van der Waals surface area (Å²) < 4.78 is 0. The summed E-state index contributed by atoms with van der Waals surface area (Å²) in [5.74, 6) is 0.274. The van der Waals surface area contributed by atoms with E-state index in [2.05, 4.69) is 45.0 Å². The van der Waals surface area contributed by atoms with Gasteiger partial charge < -0.3 is 5.73 Å². The van der Waals surface area contributed by atoms with E-state index in [1.54, 1.807) is 0 Å². The van der Waals surface area contributed by atoms with Crippen LogP contribution in [0.3, 0.4) is 0 Å². The highest BCUT2D eigenvalue weighted by molar-refractivity contribution is 5.80. The molecule has 1 aromatic rings. The molecule has 0 saturated carbocycles. The third-order valence-corrected chi connectivity index (χ3v) is 3.10. The average Bonchev–Trinajstić information content (AvgIpc) is 2.26. The topological polar surface area (TPSA) is 43.1 Å². The zero-order valence-corrected chi connectivity index (χ0v) is 12.0. The molecule has 0 heterocycles. The minimum Gasteiger partial charge on any atom is -0.328 e. The van der Waals surface area contributed by atoms with Gasteiger partial charge in [-0.3, -0.25) is 4.79 Å². The van der Waals surface area contributed by atoms with Gasteiger partial charge in [0, 0.05) is 18.9 Å². The van der Waals surface area contributed by atoms with Crippen molar-refractivity contribution in [3.05, 3.63) is 35.4 Å². The Morgan fingerprint density at radius 3 is 2.22 bits per heavy atom. The molecule has 0 saturated heterocycles. The predicted octanol–water partition coefficient (Wildman–Crippen LogP) is 3.22. The molecule has 0 bridgehead atoms. The van der Waals surface area contributed by atoms with E-state index in [9.17, 15) is 4.79 Å². The highest BCUT2D eigenvalue weighted by atomic mass is 16.1. The molecule has 0 amide bonds. The first kappa shape index (κ1) is 14.9. The van der Waals surface area contributed by atoms with E-state index in [0.29, 0.717) is 12.8 Å². The van der Waals surface area contributed by atoms with Crippen molar-refractivity contribution < 1.29 is 4.79 Å². The molecule has 2 N–H and O–H groups in total. The molecule has 1 rings (SSSR count). The molecule has 0 aliphatic heterocycles. The van der Waals surface area contributed by atoms with Crippen LogP contribution in [-0.2, 0) is 16.6 Å². The summed E-state index contributed by atoms with van der Waals surface area (Å²) in [4.78, 5) is 11.7. The van der Waals surface area contributed by atoms with E-state index in [1.165, 1.54) is 5.56 Å². The summed E-state index contributed by atoms with van der Waals surface area (Å²) in [6, 6.07) is 8.47. The number of ketones is 1. The Labute approximate surface area is 111 Å². The Bertz CT molecular complexity index is 385. The summed E-state index contributed by atoms with van der Waals surface area (Å²) >= 11 is 0. The highest BCUT2D eigenvalue weighted by Gasteiger charge is 2.13. The molecule has 0 aliphatic carbocycles. The number of hydrogen-bond donors (Lipinski definition) is 1. The van der Waals surface area contributed by atoms with Crippen LogP contribution >= 0.6 is 0 Å². The highest BCUT2D eigenvalue weighted by Crippen LogP contribution is 2.22. The fourth-order valence-corrected chi connectivity index (χ4v) is 1.83. The summed E-state index contributed by atoms with van der Waals surface area (Å²) in [6.45, 7) is 8.51. The molecule has 2 nitrogen and oxygen atoms in total. The van der Waals surface area contributed by atoms with Gasteiger partial charge in [-0.2, -0.15) is 0 Å². The first-order chi connectivity index (χ1) is 8.29. The van der Waals surface area contributed by atoms with E-state index >= 15 is 0 Å². The van der Waals surface area contributed by atoms with Crippen LogP contribution in [0, 0.1) is 0 Å². The minimum atomic E-state index is 0.109. The fourth-order valence-electron chi connectivity index (χ4n) is 1.83. The summed E-state index contributed by atoms with van der Waals surface area (Å²) in [5, 5.41) is 0. The first-order valence-corrected chi connectivity index (χ1v) is 6.66. The van der Waals surface area contributed by atoms with Gasteiger partial charge in [-0.05, 0) is 29.9 Å². The number of nitrogens with two attached hydrogens (primary N) is 1. The molecule has 1 aromatic carbocycles. The van der Waals surface area contributed by atoms with Crippen molar-refractivity contribution in [3.8, 4) is 0 Å². The Morgan fingerprint density at radius 2 is 1.78 bits per heavy atom. The van der Waals surface area contributed by atoms with Crippen molar-refractivity contribution in [1.82, 2.24) is 0 Å². The molecule has 0 aromatic heterocycles. The van der Waals surface area contributed by atoms with Gasteiger partial charge in [0.05, 0.1) is 0 Å². The van der Waals surface area contributed by atoms with Crippen LogP contribution in [0.4, 0.5) is 0 Å². The Balaban J connectivity index is 2.56. The molecule has 1 unspecified atom stereocenters. The van der Waals surface area contributed by atoms with Crippen LogP contribution in [0.1, 0.15) is 51.7 Å². The molecule has 18 heavy (non-hydrogen) atoms. The molecule has 100 valence electrons. The molecule has 1 atom stereocenters. The van der Waals surface area contributed by atoms with Crippen molar-refractivity contribution in [2.45, 2.75) is 58.4 Å². The smallest absolute Gasteiger partial charge is 0.137 e. The molecule has 0 spiro atoms. The third-order valence-electron chi connectivity index (χ3n) is 3.10. The number of carbonyl (C=O) groups excluding carboxylic acids is 1. The zero-order valence-electron chi connectivity index (χ0n) is 12.0. The molecular weight excluding hydrogens is 222 g/mol. The van der Waals surface area contributed by atoms with Crippen molar-refractivity contribution in [3.63, 3.8) is 0 Å². The van der Waals surface area contributed by atoms with Crippen LogP contribution in [0.2, 0.25) is 0 Å². The van der Waals surface area contributed by atoms with Gasteiger partial charge in [0.15, 0.2) is 0 Å². The van der Waals surface area contributed by atoms with Crippen LogP contribution in [0.15, 0.2) is 24.3 Å². The van der Waals surface area contributed by atoms with Crippen molar-refractivity contribution in [2.75, 3.05) is 0 Å². The van der Waals surface area contributed by atoms with Crippen LogP contribution in [0.5, 0.6) is 0 Å². The summed E-state index contributed by atoms with van der Waals surface area (Å²) in [7, 11) is 0. The van der Waals surface area contributed by atoms with E-state index in [-0.39, 0.29) is 17.2 Å². The maximum Gasteiger partial charge on any atom is 0.137 e. The second-order valence-corrected chi connectivity index (χ2v) is 6.18. The summed E-state index contributed by atoms with van der Waals surface area (Å²) in [6.07, 6.45) is 1.88. The first-order valence-electron chi connectivity index (χ1n) is 6.66. The van der Waals surface area contributed by atoms with Crippen LogP contribution < -0.4 is 5.73 Å².